The van der Waals surface area contributed by atoms with E-state index in [9.17, 15) is 27.5 Å². The van der Waals surface area contributed by atoms with E-state index < -0.39 is 22.0 Å². The fraction of sp³-hybridized carbons (Fsp3) is 0.333. The van der Waals surface area contributed by atoms with Crippen molar-refractivity contribution in [1.82, 2.24) is 8.87 Å². The molecule has 34 heavy (non-hydrogen) atoms. The van der Waals surface area contributed by atoms with Crippen molar-refractivity contribution in [3.8, 4) is 5.75 Å². The van der Waals surface area contributed by atoms with Gasteiger partial charge in [0.05, 0.1) is 16.6 Å². The quantitative estimate of drug-likeness (QED) is 0.484. The Balaban J connectivity index is 1.62. The minimum atomic E-state index is -3.73. The van der Waals surface area contributed by atoms with Crippen molar-refractivity contribution in [3.05, 3.63) is 59.8 Å². The average Bonchev–Trinajstić information content (AvgIpc) is 3.39. The monoisotopic (exact) mass is 488 g/mol. The number of hydrogen-bond donors (Lipinski definition) is 1. The van der Waals surface area contributed by atoms with Gasteiger partial charge in [0.2, 0.25) is 10.0 Å². The van der Waals surface area contributed by atoms with Gasteiger partial charge in [0.25, 0.3) is 0 Å². The molecule has 0 aliphatic carbocycles. The Bertz CT molecular complexity index is 1350. The summed E-state index contributed by atoms with van der Waals surface area (Å²) in [6, 6.07) is 8.96. The van der Waals surface area contributed by atoms with Crippen LogP contribution in [0.1, 0.15) is 42.1 Å². The van der Waals surface area contributed by atoms with Crippen LogP contribution in [0.4, 0.5) is 4.39 Å². The van der Waals surface area contributed by atoms with Gasteiger partial charge in [-0.2, -0.15) is 8.70 Å². The summed E-state index contributed by atoms with van der Waals surface area (Å²) in [7, 11) is -3.73. The van der Waals surface area contributed by atoms with Gasteiger partial charge in [0, 0.05) is 36.1 Å². The number of benzene rings is 2. The topological polar surface area (TPSA) is 106 Å². The molecule has 0 saturated carbocycles. The third-order valence-electron chi connectivity index (χ3n) is 5.87. The fourth-order valence-corrected chi connectivity index (χ4v) is 5.86. The molecule has 10 heteroatoms. The summed E-state index contributed by atoms with van der Waals surface area (Å²) in [6.45, 7) is 3.95. The summed E-state index contributed by atoms with van der Waals surface area (Å²) in [5, 5.41) is 9.94. The second kappa shape index (κ2) is 9.19. The summed E-state index contributed by atoms with van der Waals surface area (Å²) in [4.78, 5) is 22.7. The minimum Gasteiger partial charge on any atom is -0.491 e. The van der Waals surface area contributed by atoms with Crippen molar-refractivity contribution in [2.45, 2.75) is 43.7 Å². The Morgan fingerprint density at radius 3 is 2.50 bits per heavy atom. The van der Waals surface area contributed by atoms with Gasteiger partial charge in [-0.05, 0) is 62.2 Å². The van der Waals surface area contributed by atoms with E-state index >= 15 is 0 Å². The highest BCUT2D eigenvalue weighted by Gasteiger charge is 2.34. The van der Waals surface area contributed by atoms with Crippen LogP contribution in [0.2, 0.25) is 0 Å². The van der Waals surface area contributed by atoms with Crippen molar-refractivity contribution >= 4 is 32.9 Å². The highest BCUT2D eigenvalue weighted by molar-refractivity contribution is 7.89. The molecule has 1 aliphatic heterocycles. The number of carboxylic acid groups (broad SMARTS) is 1. The number of carbonyl (C=O) groups is 2. The van der Waals surface area contributed by atoms with Crippen LogP contribution >= 0.6 is 0 Å². The summed E-state index contributed by atoms with van der Waals surface area (Å²) < 4.78 is 48.1. The number of ether oxygens (including phenoxy) is 1. The highest BCUT2D eigenvalue weighted by atomic mass is 32.2. The van der Waals surface area contributed by atoms with Gasteiger partial charge >= 0.3 is 12.0 Å². The van der Waals surface area contributed by atoms with Crippen LogP contribution < -0.4 is 4.74 Å². The number of aliphatic carboxylic acids is 1. The second-order valence-corrected chi connectivity index (χ2v) is 10.5. The third kappa shape index (κ3) is 4.69. The predicted molar refractivity (Wildman–Crippen MR) is 123 cm³/mol. The molecule has 0 spiro atoms. The van der Waals surface area contributed by atoms with Gasteiger partial charge < -0.3 is 14.4 Å². The minimum absolute atomic E-state index is 0.0239. The van der Waals surface area contributed by atoms with Gasteiger partial charge in [-0.3, -0.25) is 9.59 Å². The molecular formula is C24H25FN2O6S. The summed E-state index contributed by atoms with van der Waals surface area (Å²) >= 11 is 0. The fourth-order valence-electron chi connectivity index (χ4n) is 4.36. The van der Waals surface area contributed by atoms with Crippen LogP contribution in [0, 0.1) is 0 Å². The molecule has 1 fully saturated rings. The Kier molecular flexibility index (Phi) is 6.46. The molecule has 1 atom stereocenters. The van der Waals surface area contributed by atoms with Crippen molar-refractivity contribution < 1.29 is 32.2 Å². The first-order chi connectivity index (χ1) is 16.1. The number of carbonyl (C=O) groups excluding carboxylic acids is 1. The van der Waals surface area contributed by atoms with Crippen LogP contribution in [0.3, 0.4) is 0 Å². The maximum Gasteiger partial charge on any atom is 0.332 e. The zero-order valence-corrected chi connectivity index (χ0v) is 19.6. The number of aromatic nitrogens is 1. The summed E-state index contributed by atoms with van der Waals surface area (Å²) in [6.07, 6.45) is 2.18. The zero-order valence-electron chi connectivity index (χ0n) is 18.8. The summed E-state index contributed by atoms with van der Waals surface area (Å²) in [5.74, 6) is -0.672. The van der Waals surface area contributed by atoms with Crippen LogP contribution in [-0.2, 0) is 21.4 Å². The average molecular weight is 489 g/mol. The second-order valence-electron chi connectivity index (χ2n) is 8.60. The lowest BCUT2D eigenvalue weighted by molar-refractivity contribution is -0.137. The number of hydrogen-bond acceptors (Lipinski definition) is 5. The Labute approximate surface area is 196 Å². The van der Waals surface area contributed by atoms with E-state index in [2.05, 4.69) is 0 Å². The first kappa shape index (κ1) is 23.9. The Hall–Kier alpha value is -3.24. The maximum absolute atomic E-state index is 13.2. The molecule has 3 aromatic rings. The van der Waals surface area contributed by atoms with Gasteiger partial charge in [0.1, 0.15) is 12.3 Å². The number of halogens is 1. The lowest BCUT2D eigenvalue weighted by Gasteiger charge is -2.17. The van der Waals surface area contributed by atoms with Crippen LogP contribution in [0.25, 0.3) is 10.9 Å². The van der Waals surface area contributed by atoms with Gasteiger partial charge in [0.15, 0.2) is 0 Å². The van der Waals surface area contributed by atoms with E-state index in [1.807, 2.05) is 13.8 Å². The predicted octanol–water partition coefficient (Wildman–Crippen LogP) is 3.80. The normalized spacial score (nSPS) is 16.9. The molecule has 8 nitrogen and oxygen atoms in total. The SMILES string of the molecule is CC(C)Oc1ccc(S(=O)(=O)N2CCC(c3cn(CC(=O)O)c4cc(C(=O)F)ccc34)C2)cc1. The molecule has 0 radical (unpaired) electrons. The molecule has 1 N–H and O–H groups in total. The molecule has 2 aromatic carbocycles. The zero-order chi connectivity index (χ0) is 24.6. The highest BCUT2D eigenvalue weighted by Crippen LogP contribution is 2.36. The smallest absolute Gasteiger partial charge is 0.332 e. The summed E-state index contributed by atoms with van der Waals surface area (Å²) in [5.41, 5.74) is 1.03. The number of sulfonamides is 1. The lowest BCUT2D eigenvalue weighted by Crippen LogP contribution is -2.28. The number of carboxylic acids is 1. The van der Waals surface area contributed by atoms with E-state index in [1.165, 1.54) is 33.1 Å². The van der Waals surface area contributed by atoms with Gasteiger partial charge in [-0.25, -0.2) is 8.42 Å². The van der Waals surface area contributed by atoms with Crippen molar-refractivity contribution in [2.75, 3.05) is 13.1 Å². The molecule has 4 rings (SSSR count). The first-order valence-corrected chi connectivity index (χ1v) is 12.3. The van der Waals surface area contributed by atoms with Crippen molar-refractivity contribution in [1.29, 1.82) is 0 Å². The van der Waals surface area contributed by atoms with E-state index in [-0.39, 0.29) is 35.6 Å². The first-order valence-electron chi connectivity index (χ1n) is 10.9. The molecule has 1 aromatic heterocycles. The lowest BCUT2D eigenvalue weighted by atomic mass is 9.97. The van der Waals surface area contributed by atoms with Crippen LogP contribution in [-0.4, -0.2) is 53.6 Å². The molecule has 1 aliphatic rings. The van der Waals surface area contributed by atoms with E-state index in [0.29, 0.717) is 29.6 Å². The largest absolute Gasteiger partial charge is 0.491 e. The third-order valence-corrected chi connectivity index (χ3v) is 7.75. The molecule has 0 bridgehead atoms. The molecular weight excluding hydrogens is 463 g/mol. The standard InChI is InChI=1S/C24H25FN2O6S/c1-15(2)33-18-4-6-19(7-5-18)34(31,32)27-10-9-17(12-27)21-13-26(14-23(28)29)22-11-16(24(25)30)3-8-20(21)22/h3-8,11,13,15,17H,9-10,12,14H2,1-2H3,(H,28,29). The number of nitrogens with zero attached hydrogens (tertiary/aromatic N) is 2. The Morgan fingerprint density at radius 1 is 1.18 bits per heavy atom. The van der Waals surface area contributed by atoms with E-state index in [4.69, 9.17) is 4.74 Å². The molecule has 1 unspecified atom stereocenters. The number of rotatable bonds is 8. The van der Waals surface area contributed by atoms with E-state index in [1.54, 1.807) is 24.4 Å². The maximum atomic E-state index is 13.2. The Morgan fingerprint density at radius 2 is 1.88 bits per heavy atom. The molecule has 2 heterocycles. The van der Waals surface area contributed by atoms with E-state index in [0.717, 1.165) is 5.56 Å². The van der Waals surface area contributed by atoms with Gasteiger partial charge in [-0.15, -0.1) is 0 Å². The molecule has 0 amide bonds. The molecule has 180 valence electrons. The van der Waals surface area contributed by atoms with Crippen LogP contribution in [0.15, 0.2) is 53.6 Å². The van der Waals surface area contributed by atoms with Crippen molar-refractivity contribution in [2.24, 2.45) is 0 Å². The molecule has 1 saturated heterocycles. The number of fused-ring (bicyclic) bond motifs is 1. The van der Waals surface area contributed by atoms with Gasteiger partial charge in [-0.1, -0.05) is 6.07 Å². The van der Waals surface area contributed by atoms with Crippen LogP contribution in [0.5, 0.6) is 5.75 Å². The van der Waals surface area contributed by atoms with Crippen molar-refractivity contribution in [3.63, 3.8) is 0 Å².